The molecular formula is C23H28ClN3O6S2. The molecule has 35 heavy (non-hydrogen) atoms. The van der Waals surface area contributed by atoms with E-state index < -0.39 is 20.0 Å². The van der Waals surface area contributed by atoms with Gasteiger partial charge in [0, 0.05) is 42.8 Å². The first kappa shape index (κ1) is 26.1. The molecule has 4 rings (SSSR count). The molecule has 0 unspecified atom stereocenters. The van der Waals surface area contributed by atoms with Crippen LogP contribution in [0.25, 0.3) is 0 Å². The molecule has 0 saturated carbocycles. The molecule has 2 aliphatic heterocycles. The molecule has 12 heteroatoms. The molecule has 2 aromatic rings. The average molecular weight is 542 g/mol. The van der Waals surface area contributed by atoms with Crippen molar-refractivity contribution in [3.05, 3.63) is 59.1 Å². The Labute approximate surface area is 211 Å². The zero-order chi connectivity index (χ0) is 25.1. The second-order valence-corrected chi connectivity index (χ2v) is 12.9. The van der Waals surface area contributed by atoms with Gasteiger partial charge >= 0.3 is 0 Å². The number of rotatable bonds is 7. The first-order chi connectivity index (χ1) is 16.7. The van der Waals surface area contributed by atoms with Gasteiger partial charge in [-0.2, -0.15) is 4.31 Å². The van der Waals surface area contributed by atoms with Crippen LogP contribution in [-0.4, -0.2) is 70.7 Å². The van der Waals surface area contributed by atoms with Crippen molar-refractivity contribution >= 4 is 43.2 Å². The van der Waals surface area contributed by atoms with E-state index in [2.05, 4.69) is 5.32 Å². The number of carbonyl (C=O) groups excluding carboxylic acids is 1. The van der Waals surface area contributed by atoms with Crippen molar-refractivity contribution in [2.24, 2.45) is 5.92 Å². The lowest BCUT2D eigenvalue weighted by molar-refractivity contribution is -0.120. The summed E-state index contributed by atoms with van der Waals surface area (Å²) in [6.07, 6.45) is 0.800. The van der Waals surface area contributed by atoms with Gasteiger partial charge in [-0.05, 0) is 48.7 Å². The van der Waals surface area contributed by atoms with Gasteiger partial charge in [-0.25, -0.2) is 21.1 Å². The molecule has 190 valence electrons. The predicted molar refractivity (Wildman–Crippen MR) is 133 cm³/mol. The summed E-state index contributed by atoms with van der Waals surface area (Å²) in [5, 5.41) is 3.23. The van der Waals surface area contributed by atoms with E-state index in [0.29, 0.717) is 55.4 Å². The Balaban J connectivity index is 1.31. The van der Waals surface area contributed by atoms with Gasteiger partial charge < -0.3 is 10.1 Å². The van der Waals surface area contributed by atoms with Crippen LogP contribution in [-0.2, 0) is 35.3 Å². The number of carbonyl (C=O) groups is 1. The number of nitrogens with zero attached hydrogens (tertiary/aromatic N) is 2. The van der Waals surface area contributed by atoms with Gasteiger partial charge in [-0.1, -0.05) is 29.8 Å². The third-order valence-corrected chi connectivity index (χ3v) is 10.4. The Hall–Kier alpha value is -2.02. The summed E-state index contributed by atoms with van der Waals surface area (Å²) >= 11 is 6.11. The fourth-order valence-electron chi connectivity index (χ4n) is 4.19. The predicted octanol–water partition coefficient (Wildman–Crippen LogP) is 2.54. The van der Waals surface area contributed by atoms with E-state index in [9.17, 15) is 21.6 Å². The third-order valence-electron chi connectivity index (χ3n) is 6.24. The second-order valence-electron chi connectivity index (χ2n) is 8.55. The summed E-state index contributed by atoms with van der Waals surface area (Å²) in [5.74, 6) is -0.723. The van der Waals surface area contributed by atoms with Crippen molar-refractivity contribution in [1.82, 2.24) is 8.61 Å². The van der Waals surface area contributed by atoms with Gasteiger partial charge in [0.05, 0.1) is 23.9 Å². The molecule has 1 N–H and O–H groups in total. The molecule has 0 radical (unpaired) electrons. The summed E-state index contributed by atoms with van der Waals surface area (Å²) in [7, 11) is -7.15. The van der Waals surface area contributed by atoms with Gasteiger partial charge in [-0.15, -0.1) is 0 Å². The molecule has 0 bridgehead atoms. The topological polar surface area (TPSA) is 113 Å². The zero-order valence-corrected chi connectivity index (χ0v) is 21.5. The Morgan fingerprint density at radius 2 is 1.54 bits per heavy atom. The summed E-state index contributed by atoms with van der Waals surface area (Å²) in [5.41, 5.74) is 1.04. The first-order valence-corrected chi connectivity index (χ1v) is 14.8. The fourth-order valence-corrected chi connectivity index (χ4v) is 7.47. The highest BCUT2D eigenvalue weighted by molar-refractivity contribution is 7.89. The van der Waals surface area contributed by atoms with Crippen molar-refractivity contribution in [1.29, 1.82) is 0 Å². The highest BCUT2D eigenvalue weighted by Gasteiger charge is 2.32. The summed E-state index contributed by atoms with van der Waals surface area (Å²) in [6.45, 7) is 1.87. The number of anilines is 1. The highest BCUT2D eigenvalue weighted by Crippen LogP contribution is 2.26. The number of ether oxygens (including phenoxy) is 1. The van der Waals surface area contributed by atoms with Gasteiger partial charge in [-0.3, -0.25) is 4.79 Å². The minimum atomic E-state index is -3.60. The van der Waals surface area contributed by atoms with Crippen LogP contribution in [0.2, 0.25) is 5.02 Å². The van der Waals surface area contributed by atoms with E-state index >= 15 is 0 Å². The van der Waals surface area contributed by atoms with Crippen LogP contribution in [0.15, 0.2) is 53.4 Å². The van der Waals surface area contributed by atoms with E-state index in [0.717, 1.165) is 0 Å². The lowest BCUT2D eigenvalue weighted by Gasteiger charge is -2.30. The Morgan fingerprint density at radius 1 is 0.914 bits per heavy atom. The molecule has 0 aromatic heterocycles. The summed E-state index contributed by atoms with van der Waals surface area (Å²) in [6, 6.07) is 12.9. The molecule has 1 amide bonds. The molecule has 2 heterocycles. The number of piperidine rings is 1. The molecule has 2 saturated heterocycles. The second kappa shape index (κ2) is 10.9. The number of morpholine rings is 1. The van der Waals surface area contributed by atoms with Gasteiger partial charge in [0.15, 0.2) is 0 Å². The van der Waals surface area contributed by atoms with Crippen LogP contribution in [0.5, 0.6) is 0 Å². The minimum absolute atomic E-state index is 0.162. The molecule has 2 fully saturated rings. The average Bonchev–Trinajstić information content (AvgIpc) is 2.86. The smallest absolute Gasteiger partial charge is 0.243 e. The molecule has 0 atom stereocenters. The molecule has 2 aromatic carbocycles. The number of sulfonamides is 2. The maximum Gasteiger partial charge on any atom is 0.243 e. The third kappa shape index (κ3) is 6.22. The van der Waals surface area contributed by atoms with Crippen LogP contribution in [0.1, 0.15) is 18.4 Å². The van der Waals surface area contributed by atoms with Crippen LogP contribution in [0.4, 0.5) is 5.69 Å². The molecule has 9 nitrogen and oxygen atoms in total. The van der Waals surface area contributed by atoms with Gasteiger partial charge in [0.2, 0.25) is 26.0 Å². The fraction of sp³-hybridized carbons (Fsp3) is 0.435. The van der Waals surface area contributed by atoms with Gasteiger partial charge in [0.25, 0.3) is 0 Å². The van der Waals surface area contributed by atoms with E-state index in [-0.39, 0.29) is 35.6 Å². The van der Waals surface area contributed by atoms with E-state index in [1.54, 1.807) is 36.4 Å². The van der Waals surface area contributed by atoms with Gasteiger partial charge in [0.1, 0.15) is 0 Å². The maximum absolute atomic E-state index is 12.8. The highest BCUT2D eigenvalue weighted by atomic mass is 35.5. The van der Waals surface area contributed by atoms with E-state index in [1.165, 1.54) is 20.7 Å². The number of halogens is 1. The van der Waals surface area contributed by atoms with Crippen molar-refractivity contribution in [3.8, 4) is 0 Å². The number of hydrogen-bond acceptors (Lipinski definition) is 6. The number of nitrogens with one attached hydrogen (secondary N) is 1. The number of hydrogen-bond donors (Lipinski definition) is 1. The maximum atomic E-state index is 12.8. The molecule has 0 spiro atoms. The normalized spacial score (nSPS) is 18.9. The van der Waals surface area contributed by atoms with E-state index in [4.69, 9.17) is 16.3 Å². The Morgan fingerprint density at radius 3 is 2.17 bits per heavy atom. The van der Waals surface area contributed by atoms with Crippen molar-refractivity contribution < 1.29 is 26.4 Å². The first-order valence-electron chi connectivity index (χ1n) is 11.4. The quantitative estimate of drug-likeness (QED) is 0.576. The SMILES string of the molecule is O=C(Nc1ccc(S(=O)(=O)N2CCOCC2)cc1)C1CCN(S(=O)(=O)Cc2ccccc2Cl)CC1. The van der Waals surface area contributed by atoms with E-state index in [1.807, 2.05) is 0 Å². The monoisotopic (exact) mass is 541 g/mol. The molecule has 0 aliphatic carbocycles. The Kier molecular flexibility index (Phi) is 8.14. The van der Waals surface area contributed by atoms with Crippen molar-refractivity contribution in [3.63, 3.8) is 0 Å². The van der Waals surface area contributed by atoms with Crippen molar-refractivity contribution in [2.45, 2.75) is 23.5 Å². The number of benzene rings is 2. The zero-order valence-electron chi connectivity index (χ0n) is 19.1. The lowest BCUT2D eigenvalue weighted by Crippen LogP contribution is -2.42. The summed E-state index contributed by atoms with van der Waals surface area (Å²) < 4.78 is 59.1. The standard InChI is InChI=1S/C23H28ClN3O6S2/c24-22-4-2-1-3-19(22)17-34(29,30)26-11-9-18(10-12-26)23(28)25-20-5-7-21(8-6-20)35(31,32)27-13-15-33-16-14-27/h1-8,18H,9-17H2,(H,25,28). The van der Waals surface area contributed by atoms with Crippen LogP contribution in [0, 0.1) is 5.92 Å². The van der Waals surface area contributed by atoms with Crippen LogP contribution < -0.4 is 5.32 Å². The molecule has 2 aliphatic rings. The largest absolute Gasteiger partial charge is 0.379 e. The van der Waals surface area contributed by atoms with Crippen molar-refractivity contribution in [2.75, 3.05) is 44.7 Å². The minimum Gasteiger partial charge on any atom is -0.379 e. The number of amides is 1. The van der Waals surface area contributed by atoms with Crippen LogP contribution in [0.3, 0.4) is 0 Å². The molecular weight excluding hydrogens is 514 g/mol. The van der Waals surface area contributed by atoms with Crippen LogP contribution >= 0.6 is 11.6 Å². The summed E-state index contributed by atoms with van der Waals surface area (Å²) in [4.78, 5) is 12.9. The Bertz CT molecular complexity index is 1250. The lowest BCUT2D eigenvalue weighted by atomic mass is 9.97.